The summed E-state index contributed by atoms with van der Waals surface area (Å²) in [5, 5.41) is 0. The van der Waals surface area contributed by atoms with Gasteiger partial charge in [-0.1, -0.05) is 27.7 Å². The monoisotopic (exact) mass is 258 g/mol. The summed E-state index contributed by atoms with van der Waals surface area (Å²) in [5.74, 6) is 0.355. The molecule has 0 bridgehead atoms. The lowest BCUT2D eigenvalue weighted by Crippen LogP contribution is -2.46. The van der Waals surface area contributed by atoms with Crippen LogP contribution in [0.25, 0.3) is 0 Å². The Morgan fingerprint density at radius 3 is 1.89 bits per heavy atom. The van der Waals surface area contributed by atoms with Gasteiger partial charge in [-0.25, -0.2) is 0 Å². The fourth-order valence-corrected chi connectivity index (χ4v) is 2.23. The molecule has 18 heavy (non-hydrogen) atoms. The van der Waals surface area contributed by atoms with Crippen LogP contribution in [0.15, 0.2) is 0 Å². The molecular weight excluding hydrogens is 224 g/mol. The molecule has 4 N–H and O–H groups in total. The quantitative estimate of drug-likeness (QED) is 0.668. The zero-order valence-corrected chi connectivity index (χ0v) is 13.3. The van der Waals surface area contributed by atoms with Gasteiger partial charge in [-0.2, -0.15) is 0 Å². The van der Waals surface area contributed by atoms with Gasteiger partial charge in [-0.3, -0.25) is 0 Å². The Balaban J connectivity index is 4.53. The van der Waals surface area contributed by atoms with Crippen LogP contribution < -0.4 is 11.5 Å². The molecule has 3 heteroatoms. The molecule has 0 saturated carbocycles. The molecule has 3 nitrogen and oxygen atoms in total. The summed E-state index contributed by atoms with van der Waals surface area (Å²) in [7, 11) is 0. The minimum absolute atomic E-state index is 0.0771. The zero-order valence-electron chi connectivity index (χ0n) is 13.3. The van der Waals surface area contributed by atoms with Gasteiger partial charge in [0, 0.05) is 11.6 Å². The molecule has 0 heterocycles. The van der Waals surface area contributed by atoms with Crippen molar-refractivity contribution in [1.82, 2.24) is 0 Å². The second-order valence-corrected chi connectivity index (χ2v) is 6.14. The third-order valence-electron chi connectivity index (χ3n) is 4.51. The molecule has 0 rings (SSSR count). The van der Waals surface area contributed by atoms with E-state index >= 15 is 0 Å². The maximum Gasteiger partial charge on any atom is 0.0692 e. The van der Waals surface area contributed by atoms with Gasteiger partial charge in [0.25, 0.3) is 0 Å². The van der Waals surface area contributed by atoms with E-state index in [1.165, 1.54) is 0 Å². The smallest absolute Gasteiger partial charge is 0.0692 e. The van der Waals surface area contributed by atoms with E-state index in [1.54, 1.807) is 0 Å². The minimum Gasteiger partial charge on any atom is -0.375 e. The Bertz CT molecular complexity index is 223. The number of hydrogen-bond donors (Lipinski definition) is 2. The molecule has 0 aliphatic heterocycles. The van der Waals surface area contributed by atoms with E-state index in [-0.39, 0.29) is 17.2 Å². The lowest BCUT2D eigenvalue weighted by Gasteiger charge is -2.37. The molecule has 0 aromatic rings. The molecule has 0 aliphatic carbocycles. The summed E-state index contributed by atoms with van der Waals surface area (Å²) in [4.78, 5) is 0. The number of hydrogen-bond acceptors (Lipinski definition) is 3. The first-order valence-electron chi connectivity index (χ1n) is 7.41. The van der Waals surface area contributed by atoms with Crippen LogP contribution in [-0.4, -0.2) is 23.8 Å². The first-order chi connectivity index (χ1) is 8.23. The summed E-state index contributed by atoms with van der Waals surface area (Å²) in [6.45, 7) is 13.5. The third kappa shape index (κ3) is 5.25. The Morgan fingerprint density at radius 2 is 1.56 bits per heavy atom. The van der Waals surface area contributed by atoms with Crippen LogP contribution in [0.1, 0.15) is 67.2 Å². The lowest BCUT2D eigenvalue weighted by atomic mass is 9.85. The number of ether oxygens (including phenoxy) is 1. The van der Waals surface area contributed by atoms with E-state index in [2.05, 4.69) is 34.6 Å². The Morgan fingerprint density at radius 1 is 1.06 bits per heavy atom. The van der Waals surface area contributed by atoms with E-state index in [9.17, 15) is 0 Å². The molecule has 0 aliphatic rings. The van der Waals surface area contributed by atoms with Crippen LogP contribution in [0.5, 0.6) is 0 Å². The SMILES string of the molecule is CCC(CC)(CC(C)N)OCC(C)C(C)(N)CC. The molecule has 0 aromatic heterocycles. The highest BCUT2D eigenvalue weighted by molar-refractivity contribution is 4.86. The standard InChI is InChI=1S/C15H34N2O/c1-7-14(6,17)12(4)11-18-15(8-2,9-3)10-13(5)16/h12-13H,7-11,16-17H2,1-6H3. The largest absolute Gasteiger partial charge is 0.375 e. The first-order valence-corrected chi connectivity index (χ1v) is 7.41. The van der Waals surface area contributed by atoms with Gasteiger partial charge in [0.2, 0.25) is 0 Å². The second-order valence-electron chi connectivity index (χ2n) is 6.14. The van der Waals surface area contributed by atoms with Crippen molar-refractivity contribution in [2.45, 2.75) is 84.4 Å². The van der Waals surface area contributed by atoms with Gasteiger partial charge in [-0.15, -0.1) is 0 Å². The summed E-state index contributed by atoms with van der Waals surface area (Å²) in [6, 6.07) is 0.177. The Kier molecular flexibility index (Phi) is 7.41. The van der Waals surface area contributed by atoms with Gasteiger partial charge < -0.3 is 16.2 Å². The average molecular weight is 258 g/mol. The molecule has 3 atom stereocenters. The molecule has 0 saturated heterocycles. The van der Waals surface area contributed by atoms with Crippen molar-refractivity contribution < 1.29 is 4.74 Å². The van der Waals surface area contributed by atoms with Crippen LogP contribution in [0.2, 0.25) is 0 Å². The van der Waals surface area contributed by atoms with Crippen LogP contribution in [0.4, 0.5) is 0 Å². The van der Waals surface area contributed by atoms with Crippen molar-refractivity contribution in [3.8, 4) is 0 Å². The maximum absolute atomic E-state index is 6.27. The van der Waals surface area contributed by atoms with Gasteiger partial charge >= 0.3 is 0 Å². The molecule has 110 valence electrons. The molecule has 0 amide bonds. The van der Waals surface area contributed by atoms with Crippen molar-refractivity contribution in [3.63, 3.8) is 0 Å². The lowest BCUT2D eigenvalue weighted by molar-refractivity contribution is -0.0801. The Labute approximate surface area is 114 Å². The van der Waals surface area contributed by atoms with Crippen molar-refractivity contribution in [2.24, 2.45) is 17.4 Å². The van der Waals surface area contributed by atoms with Crippen LogP contribution in [0, 0.1) is 5.92 Å². The average Bonchev–Trinajstić information content (AvgIpc) is 2.33. The topological polar surface area (TPSA) is 61.3 Å². The van der Waals surface area contributed by atoms with Crippen molar-refractivity contribution in [2.75, 3.05) is 6.61 Å². The van der Waals surface area contributed by atoms with Gasteiger partial charge in [0.1, 0.15) is 0 Å². The zero-order chi connectivity index (χ0) is 14.4. The highest BCUT2D eigenvalue weighted by atomic mass is 16.5. The number of nitrogens with two attached hydrogens (primary N) is 2. The fraction of sp³-hybridized carbons (Fsp3) is 1.00. The Hall–Kier alpha value is -0.120. The molecule has 0 aromatic carbocycles. The van der Waals surface area contributed by atoms with Crippen LogP contribution >= 0.6 is 0 Å². The second kappa shape index (κ2) is 7.46. The summed E-state index contributed by atoms with van der Waals surface area (Å²) in [5.41, 5.74) is 12.0. The minimum atomic E-state index is -0.151. The summed E-state index contributed by atoms with van der Waals surface area (Å²) >= 11 is 0. The maximum atomic E-state index is 6.27. The van der Waals surface area contributed by atoms with Gasteiger partial charge in [0.15, 0.2) is 0 Å². The molecule has 0 radical (unpaired) electrons. The molecule has 0 fully saturated rings. The van der Waals surface area contributed by atoms with Crippen LogP contribution in [-0.2, 0) is 4.74 Å². The predicted molar refractivity (Wildman–Crippen MR) is 79.6 cm³/mol. The van der Waals surface area contributed by atoms with Crippen molar-refractivity contribution in [3.05, 3.63) is 0 Å². The highest BCUT2D eigenvalue weighted by Gasteiger charge is 2.31. The molecule has 3 unspecified atom stereocenters. The van der Waals surface area contributed by atoms with Gasteiger partial charge in [0.05, 0.1) is 12.2 Å². The fourth-order valence-electron chi connectivity index (χ4n) is 2.23. The van der Waals surface area contributed by atoms with Crippen molar-refractivity contribution >= 4 is 0 Å². The summed E-state index contributed by atoms with van der Waals surface area (Å²) in [6.07, 6.45) is 3.90. The third-order valence-corrected chi connectivity index (χ3v) is 4.51. The molecule has 0 spiro atoms. The highest BCUT2D eigenvalue weighted by Crippen LogP contribution is 2.28. The number of rotatable bonds is 9. The molecular formula is C15H34N2O. The van der Waals surface area contributed by atoms with E-state index in [0.29, 0.717) is 5.92 Å². The van der Waals surface area contributed by atoms with Crippen LogP contribution in [0.3, 0.4) is 0 Å². The summed E-state index contributed by atoms with van der Waals surface area (Å²) < 4.78 is 6.23. The first kappa shape index (κ1) is 17.9. The van der Waals surface area contributed by atoms with E-state index in [0.717, 1.165) is 32.3 Å². The normalized spacial score (nSPS) is 19.3. The predicted octanol–water partition coefficient (Wildman–Crippen LogP) is 3.06. The van der Waals surface area contributed by atoms with Gasteiger partial charge in [-0.05, 0) is 45.4 Å². The van der Waals surface area contributed by atoms with E-state index in [4.69, 9.17) is 16.2 Å². The van der Waals surface area contributed by atoms with Crippen molar-refractivity contribution in [1.29, 1.82) is 0 Å². The van der Waals surface area contributed by atoms with E-state index in [1.807, 2.05) is 6.92 Å². The van der Waals surface area contributed by atoms with E-state index < -0.39 is 0 Å².